The van der Waals surface area contributed by atoms with Crippen molar-refractivity contribution >= 4 is 11.6 Å². The number of hydrogen-bond acceptors (Lipinski definition) is 3. The number of rotatable bonds is 5. The molecule has 0 radical (unpaired) electrons. The number of ether oxygens (including phenoxy) is 2. The van der Waals surface area contributed by atoms with Gasteiger partial charge in [0.1, 0.15) is 5.75 Å². The molecule has 118 valence electrons. The van der Waals surface area contributed by atoms with Crippen LogP contribution in [-0.2, 0) is 9.53 Å². The molecule has 3 rings (SSSR count). The average Bonchev–Trinajstić information content (AvgIpc) is 2.61. The minimum absolute atomic E-state index is 0.0245. The van der Waals surface area contributed by atoms with Crippen molar-refractivity contribution in [1.82, 2.24) is 0 Å². The van der Waals surface area contributed by atoms with Crippen molar-refractivity contribution in [2.45, 2.75) is 6.04 Å². The molecule has 4 nitrogen and oxygen atoms in total. The fourth-order valence-corrected chi connectivity index (χ4v) is 2.90. The Hall–Kier alpha value is -2.75. The predicted molar refractivity (Wildman–Crippen MR) is 89.3 cm³/mol. The lowest BCUT2D eigenvalue weighted by molar-refractivity contribution is -0.128. The molecule has 1 amide bonds. The van der Waals surface area contributed by atoms with E-state index in [-0.39, 0.29) is 17.9 Å². The van der Waals surface area contributed by atoms with Gasteiger partial charge in [-0.25, -0.2) is 0 Å². The Labute approximate surface area is 135 Å². The maximum absolute atomic E-state index is 12.6. The number of nitrogens with zero attached hydrogens (tertiary/aromatic N) is 1. The maximum atomic E-state index is 12.6. The zero-order valence-corrected chi connectivity index (χ0v) is 13.2. The lowest BCUT2D eigenvalue weighted by Crippen LogP contribution is -2.54. The molecule has 1 heterocycles. The van der Waals surface area contributed by atoms with E-state index >= 15 is 0 Å². The highest BCUT2D eigenvalue weighted by Gasteiger charge is 2.47. The molecule has 1 aliphatic heterocycles. The van der Waals surface area contributed by atoms with Crippen LogP contribution in [0.3, 0.4) is 0 Å². The largest absolute Gasteiger partial charge is 0.505 e. The van der Waals surface area contributed by atoms with Gasteiger partial charge in [0.2, 0.25) is 5.91 Å². The van der Waals surface area contributed by atoms with E-state index in [0.29, 0.717) is 0 Å². The molecule has 1 saturated heterocycles. The first-order valence-electron chi connectivity index (χ1n) is 7.48. The van der Waals surface area contributed by atoms with Gasteiger partial charge in [-0.2, -0.15) is 0 Å². The second-order valence-electron chi connectivity index (χ2n) is 5.35. The van der Waals surface area contributed by atoms with Crippen LogP contribution in [0, 0.1) is 5.92 Å². The van der Waals surface area contributed by atoms with Crippen molar-refractivity contribution in [2.24, 2.45) is 5.92 Å². The molecular formula is C19H19NO3. The topological polar surface area (TPSA) is 38.8 Å². The van der Waals surface area contributed by atoms with Crippen molar-refractivity contribution in [3.63, 3.8) is 0 Å². The summed E-state index contributed by atoms with van der Waals surface area (Å²) in [6, 6.07) is 17.5. The Morgan fingerprint density at radius 3 is 2.30 bits per heavy atom. The third-order valence-electron chi connectivity index (χ3n) is 4.05. The van der Waals surface area contributed by atoms with Crippen LogP contribution in [0.25, 0.3) is 0 Å². The third-order valence-corrected chi connectivity index (χ3v) is 4.05. The number of anilines is 1. The van der Waals surface area contributed by atoms with Gasteiger partial charge in [-0.1, -0.05) is 30.3 Å². The summed E-state index contributed by atoms with van der Waals surface area (Å²) < 4.78 is 10.2. The Bertz CT molecular complexity index is 694. The van der Waals surface area contributed by atoms with E-state index in [9.17, 15) is 4.79 Å². The van der Waals surface area contributed by atoms with Gasteiger partial charge >= 0.3 is 0 Å². The lowest BCUT2D eigenvalue weighted by atomic mass is 9.82. The van der Waals surface area contributed by atoms with Gasteiger partial charge in [0.05, 0.1) is 32.4 Å². The zero-order valence-electron chi connectivity index (χ0n) is 13.2. The zero-order chi connectivity index (χ0) is 16.2. The molecule has 0 saturated carbocycles. The molecule has 23 heavy (non-hydrogen) atoms. The summed E-state index contributed by atoms with van der Waals surface area (Å²) in [5, 5.41) is 0. The number of hydrogen-bond donors (Lipinski definition) is 0. The van der Waals surface area contributed by atoms with E-state index in [1.54, 1.807) is 20.5 Å². The fraction of sp³-hybridized carbons (Fsp3) is 0.211. The Morgan fingerprint density at radius 2 is 1.70 bits per heavy atom. The first kappa shape index (κ1) is 15.2. The Morgan fingerprint density at radius 1 is 1.00 bits per heavy atom. The first-order chi connectivity index (χ1) is 11.3. The molecule has 0 N–H and O–H groups in total. The van der Waals surface area contributed by atoms with Crippen LogP contribution < -0.4 is 9.64 Å². The highest BCUT2D eigenvalue weighted by Crippen LogP contribution is 2.44. The molecule has 0 bridgehead atoms. The Balaban J connectivity index is 1.94. The number of methoxy groups -OCH3 is 2. The Kier molecular flexibility index (Phi) is 4.33. The molecular weight excluding hydrogens is 290 g/mol. The number of benzene rings is 2. The quantitative estimate of drug-likeness (QED) is 0.626. The standard InChI is InChI=1S/C19H19NO3/c1-22-13-12-17-18(14-6-4-3-5-7-14)20(19(17)21)15-8-10-16(23-2)11-9-15/h3-13,17-18H,1-2H3/b13-12-/t17-,18-/m1/s1. The second-order valence-corrected chi connectivity index (χ2v) is 5.35. The van der Waals surface area contributed by atoms with Crippen molar-refractivity contribution < 1.29 is 14.3 Å². The van der Waals surface area contributed by atoms with Crippen LogP contribution in [0.1, 0.15) is 11.6 Å². The molecule has 0 aliphatic carbocycles. The average molecular weight is 309 g/mol. The smallest absolute Gasteiger partial charge is 0.237 e. The summed E-state index contributed by atoms with van der Waals surface area (Å²) in [7, 11) is 3.21. The molecule has 0 spiro atoms. The van der Waals surface area contributed by atoms with Crippen LogP contribution in [0.5, 0.6) is 5.75 Å². The highest BCUT2D eigenvalue weighted by molar-refractivity contribution is 6.04. The lowest BCUT2D eigenvalue weighted by Gasteiger charge is -2.46. The molecule has 2 aromatic rings. The van der Waals surface area contributed by atoms with Crippen molar-refractivity contribution in [1.29, 1.82) is 0 Å². The van der Waals surface area contributed by atoms with E-state index in [4.69, 9.17) is 9.47 Å². The number of β-lactam (4-membered cyclic amide) rings is 1. The van der Waals surface area contributed by atoms with E-state index in [1.807, 2.05) is 65.6 Å². The molecule has 0 aromatic heterocycles. The number of amides is 1. The normalized spacial score (nSPS) is 20.4. The van der Waals surface area contributed by atoms with Gasteiger partial charge in [-0.15, -0.1) is 0 Å². The van der Waals surface area contributed by atoms with Crippen LogP contribution in [0.4, 0.5) is 5.69 Å². The molecule has 0 unspecified atom stereocenters. The summed E-state index contributed by atoms with van der Waals surface area (Å²) in [5.74, 6) is 0.630. The van der Waals surface area contributed by atoms with Crippen LogP contribution >= 0.6 is 0 Å². The first-order valence-corrected chi connectivity index (χ1v) is 7.48. The van der Waals surface area contributed by atoms with Gasteiger partial charge < -0.3 is 14.4 Å². The van der Waals surface area contributed by atoms with Crippen molar-refractivity contribution in [2.75, 3.05) is 19.1 Å². The minimum Gasteiger partial charge on any atom is -0.505 e. The van der Waals surface area contributed by atoms with Gasteiger partial charge in [0.25, 0.3) is 0 Å². The fourth-order valence-electron chi connectivity index (χ4n) is 2.90. The summed E-state index contributed by atoms with van der Waals surface area (Å²) >= 11 is 0. The molecule has 1 fully saturated rings. The monoisotopic (exact) mass is 309 g/mol. The van der Waals surface area contributed by atoms with Gasteiger partial charge in [0, 0.05) is 5.69 Å². The second kappa shape index (κ2) is 6.57. The molecule has 2 atom stereocenters. The van der Waals surface area contributed by atoms with E-state index in [0.717, 1.165) is 17.0 Å². The molecule has 4 heteroatoms. The minimum atomic E-state index is -0.209. The summed E-state index contributed by atoms with van der Waals surface area (Å²) in [6.45, 7) is 0. The van der Waals surface area contributed by atoms with Crippen molar-refractivity contribution in [3.05, 3.63) is 72.5 Å². The SMILES string of the molecule is CO/C=C\[C@H]1C(=O)N(c2ccc(OC)cc2)[C@@H]1c1ccccc1. The summed E-state index contributed by atoms with van der Waals surface area (Å²) in [6.07, 6.45) is 3.39. The number of carbonyl (C=O) groups is 1. The van der Waals surface area contributed by atoms with Crippen LogP contribution in [-0.4, -0.2) is 20.1 Å². The predicted octanol–water partition coefficient (Wildman–Crippen LogP) is 3.56. The summed E-state index contributed by atoms with van der Waals surface area (Å²) in [5.41, 5.74) is 1.97. The third kappa shape index (κ3) is 2.80. The summed E-state index contributed by atoms with van der Waals surface area (Å²) in [4.78, 5) is 14.4. The van der Waals surface area contributed by atoms with Gasteiger partial charge in [-0.05, 0) is 35.9 Å². The van der Waals surface area contributed by atoms with E-state index < -0.39 is 0 Å². The molecule has 2 aromatic carbocycles. The van der Waals surface area contributed by atoms with Gasteiger partial charge in [-0.3, -0.25) is 4.79 Å². The van der Waals surface area contributed by atoms with Crippen molar-refractivity contribution in [3.8, 4) is 5.75 Å². The highest BCUT2D eigenvalue weighted by atomic mass is 16.5. The van der Waals surface area contributed by atoms with E-state index in [1.165, 1.54) is 0 Å². The number of carbonyl (C=O) groups excluding carboxylic acids is 1. The maximum Gasteiger partial charge on any atom is 0.237 e. The van der Waals surface area contributed by atoms with Gasteiger partial charge in [0.15, 0.2) is 0 Å². The molecule has 1 aliphatic rings. The van der Waals surface area contributed by atoms with Crippen LogP contribution in [0.15, 0.2) is 66.9 Å². The van der Waals surface area contributed by atoms with Crippen LogP contribution in [0.2, 0.25) is 0 Å². The van der Waals surface area contributed by atoms with E-state index in [2.05, 4.69) is 0 Å².